The molecule has 0 aromatic carbocycles. The van der Waals surface area contributed by atoms with E-state index in [4.69, 9.17) is 0 Å². The number of rotatable bonds is 11. The SMILES string of the molecule is CNC(=O)C(=O)C(CCC(F)(F)F)NC(=O)[C@@H]1[C@@H]2[C@H](CN1C(=O)[C@@H](NC(=O)N[C@H](CN1CCCC1=O)C(C)(C)C)C(C)(C)C)C2(C)C. The fraction of sp³-hybridized carbons (Fsp3) is 0.812. The van der Waals surface area contributed by atoms with Gasteiger partial charge in [0.05, 0.1) is 12.1 Å². The summed E-state index contributed by atoms with van der Waals surface area (Å²) >= 11 is 0. The Labute approximate surface area is 274 Å². The molecule has 2 heterocycles. The van der Waals surface area contributed by atoms with E-state index in [1.54, 1.807) is 25.7 Å². The van der Waals surface area contributed by atoms with Crippen LogP contribution in [0.15, 0.2) is 0 Å². The first kappa shape index (κ1) is 38.1. The zero-order chi connectivity index (χ0) is 35.9. The van der Waals surface area contributed by atoms with Crippen molar-refractivity contribution in [3.8, 4) is 0 Å². The van der Waals surface area contributed by atoms with Gasteiger partial charge in [0.1, 0.15) is 12.1 Å². The molecule has 0 bridgehead atoms. The first-order chi connectivity index (χ1) is 21.4. The summed E-state index contributed by atoms with van der Waals surface area (Å²) in [5.74, 6) is -4.18. The third-order valence-electron chi connectivity index (χ3n) is 9.87. The van der Waals surface area contributed by atoms with Crippen molar-refractivity contribution >= 4 is 35.4 Å². The van der Waals surface area contributed by atoms with Gasteiger partial charge < -0.3 is 31.1 Å². The normalized spacial score (nSPS) is 24.2. The summed E-state index contributed by atoms with van der Waals surface area (Å²) in [5, 5.41) is 10.2. The maximum Gasteiger partial charge on any atom is 0.389 e. The van der Waals surface area contributed by atoms with E-state index in [0.29, 0.717) is 19.5 Å². The average molecular weight is 673 g/mol. The first-order valence-electron chi connectivity index (χ1n) is 16.2. The minimum atomic E-state index is -4.63. The molecule has 266 valence electrons. The number of carbonyl (C=O) groups excluding carboxylic acids is 6. The van der Waals surface area contributed by atoms with Crippen molar-refractivity contribution in [1.82, 2.24) is 31.1 Å². The third-order valence-corrected chi connectivity index (χ3v) is 9.87. The Kier molecular flexibility index (Phi) is 11.0. The molecule has 15 heteroatoms. The second-order valence-corrected chi connectivity index (χ2v) is 15.8. The molecule has 0 aromatic heterocycles. The number of fused-ring (bicyclic) bond motifs is 1. The lowest BCUT2D eigenvalue weighted by Crippen LogP contribution is -2.62. The molecule has 4 N–H and O–H groups in total. The number of carbonyl (C=O) groups is 6. The van der Waals surface area contributed by atoms with Gasteiger partial charge in [-0.15, -0.1) is 0 Å². The van der Waals surface area contributed by atoms with Gasteiger partial charge in [-0.05, 0) is 40.9 Å². The van der Waals surface area contributed by atoms with Crippen molar-refractivity contribution in [2.24, 2.45) is 28.1 Å². The van der Waals surface area contributed by atoms with Crippen LogP contribution in [0.4, 0.5) is 18.0 Å². The number of likely N-dealkylation sites (tertiary alicyclic amines) is 2. The average Bonchev–Trinajstić information content (AvgIpc) is 3.28. The fourth-order valence-electron chi connectivity index (χ4n) is 6.73. The summed E-state index contributed by atoms with van der Waals surface area (Å²) in [6, 6.07) is -5.06. The highest BCUT2D eigenvalue weighted by Crippen LogP contribution is 2.65. The Morgan fingerprint density at radius 1 is 0.957 bits per heavy atom. The van der Waals surface area contributed by atoms with Crippen LogP contribution in [-0.2, 0) is 24.0 Å². The number of hydrogen-bond acceptors (Lipinski definition) is 6. The van der Waals surface area contributed by atoms with Gasteiger partial charge in [0, 0.05) is 39.5 Å². The number of hydrogen-bond donors (Lipinski definition) is 4. The molecular weight excluding hydrogens is 621 g/mol. The zero-order valence-corrected chi connectivity index (χ0v) is 28.9. The molecule has 2 saturated heterocycles. The van der Waals surface area contributed by atoms with Gasteiger partial charge in [-0.1, -0.05) is 55.4 Å². The molecular formula is C32H51F3N6O6. The van der Waals surface area contributed by atoms with Gasteiger partial charge in [0.2, 0.25) is 23.5 Å². The summed E-state index contributed by atoms with van der Waals surface area (Å²) in [6.07, 6.45) is -5.68. The number of Topliss-reactive ketones (excluding diaryl/α,β-unsaturated/α-hetero) is 1. The Morgan fingerprint density at radius 2 is 1.57 bits per heavy atom. The van der Waals surface area contributed by atoms with Crippen molar-refractivity contribution in [2.45, 2.75) is 111 Å². The molecule has 0 spiro atoms. The largest absolute Gasteiger partial charge is 0.389 e. The molecule has 3 aliphatic rings. The number of urea groups is 1. The number of ketones is 1. The van der Waals surface area contributed by atoms with Crippen molar-refractivity contribution in [3.63, 3.8) is 0 Å². The fourth-order valence-corrected chi connectivity index (χ4v) is 6.73. The minimum absolute atomic E-state index is 0.0155. The van der Waals surface area contributed by atoms with Crippen LogP contribution in [-0.4, -0.2) is 102 Å². The second kappa shape index (κ2) is 13.6. The van der Waals surface area contributed by atoms with Gasteiger partial charge in [-0.2, -0.15) is 13.2 Å². The standard InChI is InChI=1S/C32H51F3N6O6/c1-29(2,3)19(16-40-14-10-11-20(40)42)38-28(47)39-24(30(4,5)6)27(46)41-15-17-21(31(17,7)8)22(41)25(44)37-18(12-13-32(33,34)35)23(43)26(45)36-9/h17-19,21-22,24H,10-16H2,1-9H3,(H,36,45)(H,37,44)(H2,38,39,47)/t17-,18?,19+,21-,22-,24+/m0/s1. The van der Waals surface area contributed by atoms with E-state index < -0.39 is 83.6 Å². The van der Waals surface area contributed by atoms with E-state index >= 15 is 0 Å². The molecule has 6 amide bonds. The van der Waals surface area contributed by atoms with Crippen LogP contribution >= 0.6 is 0 Å². The topological polar surface area (TPSA) is 157 Å². The van der Waals surface area contributed by atoms with Gasteiger partial charge in [0.25, 0.3) is 5.91 Å². The number of halogens is 3. The number of amides is 6. The number of nitrogens with zero attached hydrogens (tertiary/aromatic N) is 2. The quantitative estimate of drug-likeness (QED) is 0.247. The van der Waals surface area contributed by atoms with Crippen molar-refractivity contribution in [1.29, 1.82) is 0 Å². The number of piperidine rings is 1. The van der Waals surface area contributed by atoms with Crippen LogP contribution in [0.25, 0.3) is 0 Å². The maximum absolute atomic E-state index is 14.2. The molecule has 6 atom stereocenters. The Bertz CT molecular complexity index is 1260. The van der Waals surface area contributed by atoms with Crippen LogP contribution in [0.1, 0.15) is 81.1 Å². The zero-order valence-electron chi connectivity index (χ0n) is 28.9. The number of alkyl halides is 3. The summed E-state index contributed by atoms with van der Waals surface area (Å²) < 4.78 is 39.2. The molecule has 1 aliphatic carbocycles. The molecule has 3 rings (SSSR count). The predicted molar refractivity (Wildman–Crippen MR) is 167 cm³/mol. The van der Waals surface area contributed by atoms with Gasteiger partial charge >= 0.3 is 12.2 Å². The van der Waals surface area contributed by atoms with Crippen molar-refractivity contribution in [2.75, 3.05) is 26.7 Å². The molecule has 12 nitrogen and oxygen atoms in total. The highest BCUT2D eigenvalue weighted by Gasteiger charge is 2.70. The Hall–Kier alpha value is -3.39. The predicted octanol–water partition coefficient (Wildman–Crippen LogP) is 2.36. The first-order valence-corrected chi connectivity index (χ1v) is 16.2. The van der Waals surface area contributed by atoms with Gasteiger partial charge in [-0.3, -0.25) is 24.0 Å². The smallest absolute Gasteiger partial charge is 0.353 e. The van der Waals surface area contributed by atoms with E-state index in [9.17, 15) is 41.9 Å². The molecule has 1 saturated carbocycles. The molecule has 0 aromatic rings. The Balaban J connectivity index is 1.83. The summed E-state index contributed by atoms with van der Waals surface area (Å²) in [4.78, 5) is 81.5. The van der Waals surface area contributed by atoms with Crippen LogP contribution in [0.3, 0.4) is 0 Å². The maximum atomic E-state index is 14.2. The van der Waals surface area contributed by atoms with Crippen LogP contribution in [0.5, 0.6) is 0 Å². The van der Waals surface area contributed by atoms with E-state index in [-0.39, 0.29) is 29.7 Å². The molecule has 2 aliphatic heterocycles. The third kappa shape index (κ3) is 8.95. The summed E-state index contributed by atoms with van der Waals surface area (Å²) in [7, 11) is 1.16. The molecule has 47 heavy (non-hydrogen) atoms. The van der Waals surface area contributed by atoms with E-state index in [1.807, 2.05) is 34.6 Å². The van der Waals surface area contributed by atoms with Gasteiger partial charge in [-0.25, -0.2) is 4.79 Å². The van der Waals surface area contributed by atoms with Crippen LogP contribution in [0, 0.1) is 28.1 Å². The lowest BCUT2D eigenvalue weighted by atomic mass is 9.85. The molecule has 3 fully saturated rings. The minimum Gasteiger partial charge on any atom is -0.353 e. The monoisotopic (exact) mass is 672 g/mol. The van der Waals surface area contributed by atoms with E-state index in [0.717, 1.165) is 13.5 Å². The van der Waals surface area contributed by atoms with Crippen LogP contribution < -0.4 is 21.3 Å². The van der Waals surface area contributed by atoms with E-state index in [1.165, 1.54) is 4.90 Å². The summed E-state index contributed by atoms with van der Waals surface area (Å²) in [6.45, 7) is 16.0. The lowest BCUT2D eigenvalue weighted by molar-refractivity contribution is -0.148. The van der Waals surface area contributed by atoms with E-state index in [2.05, 4.69) is 21.3 Å². The van der Waals surface area contributed by atoms with Crippen molar-refractivity contribution in [3.05, 3.63) is 0 Å². The summed E-state index contributed by atoms with van der Waals surface area (Å²) in [5.41, 5.74) is -1.62. The van der Waals surface area contributed by atoms with Crippen molar-refractivity contribution < 1.29 is 41.9 Å². The highest BCUT2D eigenvalue weighted by atomic mass is 19.4. The van der Waals surface area contributed by atoms with Crippen LogP contribution in [0.2, 0.25) is 0 Å². The molecule has 0 radical (unpaired) electrons. The number of nitrogens with one attached hydrogen (secondary N) is 4. The number of likely N-dealkylation sites (N-methyl/N-ethyl adjacent to an activating group) is 1. The Morgan fingerprint density at radius 3 is 2.06 bits per heavy atom. The van der Waals surface area contributed by atoms with Gasteiger partial charge in [0.15, 0.2) is 0 Å². The molecule has 1 unspecified atom stereocenters. The second-order valence-electron chi connectivity index (χ2n) is 15.8. The lowest BCUT2D eigenvalue weighted by Gasteiger charge is -2.39. The highest BCUT2D eigenvalue weighted by molar-refractivity contribution is 6.38.